The summed E-state index contributed by atoms with van der Waals surface area (Å²) in [6.07, 6.45) is 4.23. The largest absolute Gasteiger partial charge is 0.387 e. The summed E-state index contributed by atoms with van der Waals surface area (Å²) < 4.78 is 0. The van der Waals surface area contributed by atoms with Gasteiger partial charge < -0.3 is 5.32 Å². The van der Waals surface area contributed by atoms with Crippen molar-refractivity contribution < 1.29 is 0 Å². The lowest BCUT2D eigenvalue weighted by molar-refractivity contribution is 0.905. The predicted molar refractivity (Wildman–Crippen MR) is 46.9 cm³/mol. The van der Waals surface area contributed by atoms with E-state index in [1.807, 2.05) is 20.0 Å². The molecule has 0 aromatic heterocycles. The Bertz CT molecular complexity index is 143. The molecule has 1 aliphatic heterocycles. The van der Waals surface area contributed by atoms with Gasteiger partial charge in [-0.25, -0.2) is 0 Å². The van der Waals surface area contributed by atoms with Gasteiger partial charge in [-0.15, -0.1) is 0 Å². The van der Waals surface area contributed by atoms with Crippen LogP contribution in [0.15, 0.2) is 23.4 Å². The van der Waals surface area contributed by atoms with Gasteiger partial charge in [0.25, 0.3) is 0 Å². The molecule has 0 radical (unpaired) electrons. The Balaban J connectivity index is 0.000000371. The van der Waals surface area contributed by atoms with E-state index in [-0.39, 0.29) is 0 Å². The molecule has 10 heavy (non-hydrogen) atoms. The van der Waals surface area contributed by atoms with Crippen molar-refractivity contribution in [1.29, 1.82) is 0 Å². The molecule has 1 rings (SSSR count). The fourth-order valence-electron chi connectivity index (χ4n) is 0.854. The van der Waals surface area contributed by atoms with Crippen molar-refractivity contribution in [2.24, 2.45) is 0 Å². The molecule has 0 aromatic carbocycles. The first-order valence-corrected chi connectivity index (χ1v) is 3.86. The molecule has 0 aromatic rings. The van der Waals surface area contributed by atoms with Gasteiger partial charge in [-0.1, -0.05) is 25.5 Å². The quantitative estimate of drug-likeness (QED) is 0.543. The summed E-state index contributed by atoms with van der Waals surface area (Å²) in [4.78, 5) is 0. The molecule has 1 heterocycles. The summed E-state index contributed by atoms with van der Waals surface area (Å²) in [6, 6.07) is 0. The van der Waals surface area contributed by atoms with Gasteiger partial charge in [-0.2, -0.15) is 0 Å². The highest BCUT2D eigenvalue weighted by Crippen LogP contribution is 2.03. The zero-order valence-corrected chi connectivity index (χ0v) is 7.36. The van der Waals surface area contributed by atoms with Gasteiger partial charge in [-0.05, 0) is 25.6 Å². The maximum Gasteiger partial charge on any atom is 0.0355 e. The third-order valence-corrected chi connectivity index (χ3v) is 1.18. The predicted octanol–water partition coefficient (Wildman–Crippen LogP) is 2.47. The molecule has 0 unspecified atom stereocenters. The van der Waals surface area contributed by atoms with E-state index >= 15 is 0 Å². The van der Waals surface area contributed by atoms with Crippen LogP contribution in [0.4, 0.5) is 0 Å². The number of allylic oxidation sites excluding steroid dienone is 2. The van der Waals surface area contributed by atoms with Crippen LogP contribution in [-0.2, 0) is 0 Å². The third kappa shape index (κ3) is 3.33. The monoisotopic (exact) mass is 139 g/mol. The van der Waals surface area contributed by atoms with Crippen LogP contribution in [0.5, 0.6) is 0 Å². The van der Waals surface area contributed by atoms with Gasteiger partial charge in [0.05, 0.1) is 0 Å². The van der Waals surface area contributed by atoms with E-state index < -0.39 is 0 Å². The standard InChI is InChI=1S/C7H11N.C2H6/c1-6-3-7(2)5-8-4-6;1-2/h3-4,8H,5H2,1-2H3;1-2H3. The van der Waals surface area contributed by atoms with E-state index in [0.29, 0.717) is 0 Å². The zero-order chi connectivity index (χ0) is 7.98. The van der Waals surface area contributed by atoms with Crippen molar-refractivity contribution in [2.45, 2.75) is 27.7 Å². The van der Waals surface area contributed by atoms with E-state index in [4.69, 9.17) is 0 Å². The lowest BCUT2D eigenvalue weighted by Gasteiger charge is -2.07. The second-order valence-electron chi connectivity index (χ2n) is 2.26. The molecule has 0 saturated heterocycles. The van der Waals surface area contributed by atoms with Crippen molar-refractivity contribution in [3.63, 3.8) is 0 Å². The molecule has 0 atom stereocenters. The molecule has 1 N–H and O–H groups in total. The molecule has 0 aliphatic carbocycles. The smallest absolute Gasteiger partial charge is 0.0355 e. The van der Waals surface area contributed by atoms with Crippen molar-refractivity contribution in [3.05, 3.63) is 23.4 Å². The lowest BCUT2D eigenvalue weighted by atomic mass is 10.1. The Labute approximate surface area is 63.8 Å². The van der Waals surface area contributed by atoms with E-state index in [0.717, 1.165) is 6.54 Å². The minimum atomic E-state index is 1.01. The molecule has 0 spiro atoms. The van der Waals surface area contributed by atoms with Crippen LogP contribution in [0.1, 0.15) is 27.7 Å². The van der Waals surface area contributed by atoms with E-state index in [1.54, 1.807) is 0 Å². The first-order chi connectivity index (χ1) is 4.79. The normalized spacial score (nSPS) is 15.6. The molecule has 1 heteroatoms. The van der Waals surface area contributed by atoms with Crippen LogP contribution < -0.4 is 5.32 Å². The number of hydrogen-bond donors (Lipinski definition) is 1. The molecule has 0 amide bonds. The molecule has 0 bridgehead atoms. The maximum absolute atomic E-state index is 3.15. The first kappa shape index (κ1) is 9.28. The van der Waals surface area contributed by atoms with E-state index in [9.17, 15) is 0 Å². The Morgan fingerprint density at radius 2 is 1.90 bits per heavy atom. The minimum absolute atomic E-state index is 1.01. The van der Waals surface area contributed by atoms with Crippen molar-refractivity contribution >= 4 is 0 Å². The Morgan fingerprint density at radius 3 is 2.20 bits per heavy atom. The van der Waals surface area contributed by atoms with Gasteiger partial charge >= 0.3 is 0 Å². The van der Waals surface area contributed by atoms with Crippen LogP contribution in [0.3, 0.4) is 0 Å². The van der Waals surface area contributed by atoms with Crippen molar-refractivity contribution in [3.8, 4) is 0 Å². The summed E-state index contributed by atoms with van der Waals surface area (Å²) in [5.74, 6) is 0. The summed E-state index contributed by atoms with van der Waals surface area (Å²) in [6.45, 7) is 9.23. The highest BCUT2D eigenvalue weighted by Gasteiger charge is 1.93. The van der Waals surface area contributed by atoms with Crippen LogP contribution in [0.2, 0.25) is 0 Å². The Hall–Kier alpha value is -0.720. The number of hydrogen-bond acceptors (Lipinski definition) is 1. The van der Waals surface area contributed by atoms with Crippen LogP contribution >= 0.6 is 0 Å². The summed E-state index contributed by atoms with van der Waals surface area (Å²) in [5.41, 5.74) is 2.72. The van der Waals surface area contributed by atoms with E-state index in [1.165, 1.54) is 11.1 Å². The molecular weight excluding hydrogens is 122 g/mol. The van der Waals surface area contributed by atoms with Crippen LogP contribution in [0, 0.1) is 0 Å². The van der Waals surface area contributed by atoms with E-state index in [2.05, 4.69) is 25.2 Å². The van der Waals surface area contributed by atoms with Crippen LogP contribution in [-0.4, -0.2) is 6.54 Å². The van der Waals surface area contributed by atoms with Crippen molar-refractivity contribution in [2.75, 3.05) is 6.54 Å². The lowest BCUT2D eigenvalue weighted by Crippen LogP contribution is -2.12. The average molecular weight is 139 g/mol. The topological polar surface area (TPSA) is 12.0 Å². The molecular formula is C9H17N. The maximum atomic E-state index is 3.15. The molecule has 0 saturated carbocycles. The fraction of sp³-hybridized carbons (Fsp3) is 0.556. The molecule has 0 fully saturated rings. The summed E-state index contributed by atoms with van der Waals surface area (Å²) in [7, 11) is 0. The first-order valence-electron chi connectivity index (χ1n) is 3.86. The summed E-state index contributed by atoms with van der Waals surface area (Å²) >= 11 is 0. The highest BCUT2D eigenvalue weighted by atomic mass is 14.8. The van der Waals surface area contributed by atoms with Gasteiger partial charge in [0, 0.05) is 6.54 Å². The van der Waals surface area contributed by atoms with Crippen LogP contribution in [0.25, 0.3) is 0 Å². The van der Waals surface area contributed by atoms with Gasteiger partial charge in [0.15, 0.2) is 0 Å². The number of dihydropyridines is 1. The Morgan fingerprint density at radius 1 is 1.30 bits per heavy atom. The van der Waals surface area contributed by atoms with Gasteiger partial charge in [0.1, 0.15) is 0 Å². The molecule has 58 valence electrons. The zero-order valence-electron chi connectivity index (χ0n) is 7.36. The Kier molecular flexibility index (Phi) is 4.73. The number of rotatable bonds is 0. The average Bonchev–Trinajstić information content (AvgIpc) is 1.91. The summed E-state index contributed by atoms with van der Waals surface area (Å²) in [5, 5.41) is 3.15. The van der Waals surface area contributed by atoms with Crippen molar-refractivity contribution in [1.82, 2.24) is 5.32 Å². The fourth-order valence-corrected chi connectivity index (χ4v) is 0.854. The minimum Gasteiger partial charge on any atom is -0.387 e. The molecule has 1 aliphatic rings. The third-order valence-electron chi connectivity index (χ3n) is 1.18. The SMILES string of the molecule is CC.CC1=CNCC(C)=C1. The second-order valence-corrected chi connectivity index (χ2v) is 2.26. The van der Waals surface area contributed by atoms with Gasteiger partial charge in [0.2, 0.25) is 0 Å². The molecule has 1 nitrogen and oxygen atoms in total. The number of nitrogens with one attached hydrogen (secondary N) is 1. The van der Waals surface area contributed by atoms with Gasteiger partial charge in [-0.3, -0.25) is 0 Å². The second kappa shape index (κ2) is 5.10. The highest BCUT2D eigenvalue weighted by molar-refractivity contribution is 5.24.